The van der Waals surface area contributed by atoms with Crippen molar-refractivity contribution in [3.05, 3.63) is 36.7 Å². The molecule has 7 nitrogen and oxygen atoms in total. The monoisotopic (exact) mass is 340 g/mol. The molecule has 0 fully saturated rings. The third-order valence-electron chi connectivity index (χ3n) is 3.07. The largest absolute Gasteiger partial charge is 0.314 e. The molecule has 9 heteroatoms. The van der Waals surface area contributed by atoms with Gasteiger partial charge in [0.25, 0.3) is 0 Å². The lowest BCUT2D eigenvalue weighted by molar-refractivity contribution is -0.119. The molecule has 0 saturated carbocycles. The number of nitrogens with zero attached hydrogens (tertiary/aromatic N) is 3. The number of rotatable bonds is 5. The molecule has 0 atom stereocenters. The van der Waals surface area contributed by atoms with E-state index in [4.69, 9.17) is 5.14 Å². The quantitative estimate of drug-likeness (QED) is 0.816. The first kappa shape index (κ1) is 16.5. The highest BCUT2D eigenvalue weighted by Gasteiger charge is 2.15. The van der Waals surface area contributed by atoms with Crippen LogP contribution in [0.1, 0.15) is 0 Å². The van der Waals surface area contributed by atoms with Crippen LogP contribution < -0.4 is 10.0 Å². The number of nitrogens with two attached hydrogens (primary N) is 1. The Morgan fingerprint density at radius 1 is 1.36 bits per heavy atom. The van der Waals surface area contributed by atoms with Gasteiger partial charge >= 0.3 is 0 Å². The van der Waals surface area contributed by atoms with Crippen molar-refractivity contribution in [2.45, 2.75) is 16.3 Å². The summed E-state index contributed by atoms with van der Waals surface area (Å²) in [6, 6.07) is 7.55. The first-order chi connectivity index (χ1) is 10.3. The number of likely N-dealkylation sites (N-methyl/N-ethyl adjacent to an activating group) is 1. The van der Waals surface area contributed by atoms with Crippen molar-refractivity contribution in [1.29, 1.82) is 0 Å². The second-order valence-electron chi connectivity index (χ2n) is 4.57. The van der Waals surface area contributed by atoms with E-state index in [-0.39, 0.29) is 17.3 Å². The van der Waals surface area contributed by atoms with Gasteiger partial charge in [-0.25, -0.2) is 13.6 Å². The summed E-state index contributed by atoms with van der Waals surface area (Å²) in [5.41, 5.74) is 0.752. The summed E-state index contributed by atoms with van der Waals surface area (Å²) >= 11 is 1.62. The average molecular weight is 340 g/mol. The van der Waals surface area contributed by atoms with E-state index in [1.807, 2.05) is 30.5 Å². The van der Waals surface area contributed by atoms with Crippen molar-refractivity contribution in [3.63, 3.8) is 0 Å². The number of amides is 1. The summed E-state index contributed by atoms with van der Waals surface area (Å²) in [5, 5.41) is 8.83. The van der Waals surface area contributed by atoms with Crippen LogP contribution in [0.25, 0.3) is 0 Å². The zero-order chi connectivity index (χ0) is 16.3. The zero-order valence-electron chi connectivity index (χ0n) is 12.1. The summed E-state index contributed by atoms with van der Waals surface area (Å²) < 4.78 is 23.6. The van der Waals surface area contributed by atoms with Crippen LogP contribution in [0.3, 0.4) is 0 Å². The van der Waals surface area contributed by atoms with Gasteiger partial charge in [-0.2, -0.15) is 5.10 Å². The van der Waals surface area contributed by atoms with E-state index in [2.05, 4.69) is 5.10 Å². The van der Waals surface area contributed by atoms with Crippen LogP contribution in [0.5, 0.6) is 0 Å². The Morgan fingerprint density at radius 3 is 2.50 bits per heavy atom. The molecule has 2 rings (SSSR count). The minimum atomic E-state index is -3.81. The van der Waals surface area contributed by atoms with E-state index in [0.717, 1.165) is 16.8 Å². The van der Waals surface area contributed by atoms with Crippen LogP contribution in [-0.2, 0) is 21.4 Å². The number of thioether (sulfide) groups is 1. The van der Waals surface area contributed by atoms with E-state index >= 15 is 0 Å². The number of carbonyl (C=O) groups excluding carboxylic acids is 1. The molecule has 0 radical (unpaired) electrons. The topological polar surface area (TPSA) is 98.3 Å². The molecule has 1 aromatic heterocycles. The summed E-state index contributed by atoms with van der Waals surface area (Å²) in [5.74, 6) is -0.221. The van der Waals surface area contributed by atoms with Crippen LogP contribution >= 0.6 is 11.8 Å². The molecular weight excluding hydrogens is 324 g/mol. The maximum atomic E-state index is 12.2. The molecule has 22 heavy (non-hydrogen) atoms. The Kier molecular flexibility index (Phi) is 4.89. The smallest absolute Gasteiger partial charge is 0.248 e. The molecule has 2 N–H and O–H groups in total. The lowest BCUT2D eigenvalue weighted by Gasteiger charge is -2.17. The van der Waals surface area contributed by atoms with Crippen LogP contribution in [0.2, 0.25) is 0 Å². The second-order valence-corrected chi connectivity index (χ2v) is 7.01. The molecule has 0 aliphatic rings. The third kappa shape index (κ3) is 3.87. The molecule has 0 aliphatic heterocycles. The molecule has 1 amide bonds. The van der Waals surface area contributed by atoms with Crippen molar-refractivity contribution in [2.75, 3.05) is 18.2 Å². The highest BCUT2D eigenvalue weighted by Crippen LogP contribution is 2.20. The fraction of sp³-hybridized carbons (Fsp3) is 0.231. The van der Waals surface area contributed by atoms with Crippen molar-refractivity contribution < 1.29 is 13.2 Å². The average Bonchev–Trinajstić information content (AvgIpc) is 2.95. The van der Waals surface area contributed by atoms with Crippen LogP contribution in [0.15, 0.2) is 46.5 Å². The maximum absolute atomic E-state index is 12.2. The Labute approximate surface area is 133 Å². The molecule has 118 valence electrons. The maximum Gasteiger partial charge on any atom is 0.248 e. The first-order valence-electron chi connectivity index (χ1n) is 6.27. The Morgan fingerprint density at radius 2 is 2.00 bits per heavy atom. The van der Waals surface area contributed by atoms with Crippen molar-refractivity contribution in [1.82, 2.24) is 9.78 Å². The molecule has 1 aromatic carbocycles. The summed E-state index contributed by atoms with van der Waals surface area (Å²) in [4.78, 5) is 14.7. The fourth-order valence-electron chi connectivity index (χ4n) is 1.77. The van der Waals surface area contributed by atoms with Gasteiger partial charge in [-0.05, 0) is 30.5 Å². The van der Waals surface area contributed by atoms with Gasteiger partial charge in [0, 0.05) is 23.8 Å². The molecule has 2 aromatic rings. The predicted molar refractivity (Wildman–Crippen MR) is 85.2 cm³/mol. The Balaban J connectivity index is 2.09. The van der Waals surface area contributed by atoms with Crippen LogP contribution in [0.4, 0.5) is 5.69 Å². The molecule has 0 spiro atoms. The van der Waals surface area contributed by atoms with Gasteiger partial charge in [0.1, 0.15) is 11.4 Å². The minimum absolute atomic E-state index is 0.0731. The van der Waals surface area contributed by atoms with Gasteiger partial charge in [-0.3, -0.25) is 9.48 Å². The number of hydrogen-bond acceptors (Lipinski definition) is 5. The predicted octanol–water partition coefficient (Wildman–Crippen LogP) is 0.915. The van der Waals surface area contributed by atoms with Gasteiger partial charge in [-0.15, -0.1) is 11.8 Å². The van der Waals surface area contributed by atoms with E-state index in [0.29, 0.717) is 0 Å². The SMILES string of the molecule is CSc1ccc(N(C)C(=O)Cn2cc(S(N)(=O)=O)cn2)cc1. The highest BCUT2D eigenvalue weighted by molar-refractivity contribution is 7.98. The zero-order valence-corrected chi connectivity index (χ0v) is 13.8. The molecule has 0 aliphatic carbocycles. The molecular formula is C13H16N4O3S2. The van der Waals surface area contributed by atoms with E-state index in [1.54, 1.807) is 18.8 Å². The van der Waals surface area contributed by atoms with Crippen LogP contribution in [-0.4, -0.2) is 37.4 Å². The summed E-state index contributed by atoms with van der Waals surface area (Å²) in [6.45, 7) is -0.0731. The van der Waals surface area contributed by atoms with Crippen molar-refractivity contribution >= 4 is 33.4 Å². The summed E-state index contributed by atoms with van der Waals surface area (Å²) in [6.07, 6.45) is 4.33. The number of carbonyl (C=O) groups is 1. The number of anilines is 1. The minimum Gasteiger partial charge on any atom is -0.314 e. The van der Waals surface area contributed by atoms with Gasteiger partial charge in [-0.1, -0.05) is 0 Å². The number of sulfonamides is 1. The standard InChI is InChI=1S/C13H16N4O3S2/c1-16(10-3-5-11(21-2)6-4-10)13(18)9-17-8-12(7-15-17)22(14,19)20/h3-8H,9H2,1-2H3,(H2,14,19,20). The fourth-order valence-corrected chi connectivity index (χ4v) is 2.64. The van der Waals surface area contributed by atoms with E-state index in [9.17, 15) is 13.2 Å². The lowest BCUT2D eigenvalue weighted by atomic mass is 10.3. The van der Waals surface area contributed by atoms with Crippen molar-refractivity contribution in [2.24, 2.45) is 5.14 Å². The van der Waals surface area contributed by atoms with Gasteiger partial charge in [0.05, 0.1) is 6.20 Å². The Hall–Kier alpha value is -1.84. The molecule has 1 heterocycles. The number of hydrogen-bond donors (Lipinski definition) is 1. The van der Waals surface area contributed by atoms with Gasteiger partial charge in [0.15, 0.2) is 0 Å². The molecule has 0 bridgehead atoms. The first-order valence-corrected chi connectivity index (χ1v) is 9.04. The van der Waals surface area contributed by atoms with E-state index in [1.165, 1.54) is 15.8 Å². The van der Waals surface area contributed by atoms with E-state index < -0.39 is 10.0 Å². The molecule has 0 unspecified atom stereocenters. The Bertz CT molecular complexity index is 769. The third-order valence-corrected chi connectivity index (χ3v) is 4.68. The number of benzene rings is 1. The van der Waals surface area contributed by atoms with Gasteiger partial charge < -0.3 is 4.90 Å². The normalized spacial score (nSPS) is 11.4. The lowest BCUT2D eigenvalue weighted by Crippen LogP contribution is -2.30. The van der Waals surface area contributed by atoms with Crippen molar-refractivity contribution in [3.8, 4) is 0 Å². The molecule has 0 saturated heterocycles. The second kappa shape index (κ2) is 6.51. The summed E-state index contributed by atoms with van der Waals surface area (Å²) in [7, 11) is -2.16. The van der Waals surface area contributed by atoms with Crippen LogP contribution in [0, 0.1) is 0 Å². The highest BCUT2D eigenvalue weighted by atomic mass is 32.2. The van der Waals surface area contributed by atoms with Gasteiger partial charge in [0.2, 0.25) is 15.9 Å². The number of aromatic nitrogens is 2. The number of primary sulfonamides is 1.